The number of rotatable bonds is 4. The van der Waals surface area contributed by atoms with Crippen molar-refractivity contribution >= 4 is 38.9 Å². The van der Waals surface area contributed by atoms with Crippen LogP contribution in [-0.2, 0) is 10.0 Å². The molecule has 0 bridgehead atoms. The summed E-state index contributed by atoms with van der Waals surface area (Å²) in [6.45, 7) is 3.12. The number of carbonyl (C=O) groups excluding carboxylic acids is 1. The van der Waals surface area contributed by atoms with E-state index in [2.05, 4.69) is 4.98 Å². The lowest BCUT2D eigenvalue weighted by molar-refractivity contribution is 0.0698. The average Bonchev–Trinajstić information content (AvgIpc) is 3.20. The maximum absolute atomic E-state index is 12.9. The van der Waals surface area contributed by atoms with Gasteiger partial charge in [-0.05, 0) is 37.3 Å². The van der Waals surface area contributed by atoms with Crippen molar-refractivity contribution in [2.75, 3.05) is 26.2 Å². The number of halogens is 1. The van der Waals surface area contributed by atoms with Crippen molar-refractivity contribution in [3.8, 4) is 10.6 Å². The zero-order valence-corrected chi connectivity index (χ0v) is 18.7. The summed E-state index contributed by atoms with van der Waals surface area (Å²) in [5.41, 5.74) is 2.53. The highest BCUT2D eigenvalue weighted by atomic mass is 35.5. The molecule has 0 atom stereocenters. The molecule has 0 radical (unpaired) electrons. The predicted molar refractivity (Wildman–Crippen MR) is 118 cm³/mol. The van der Waals surface area contributed by atoms with Crippen molar-refractivity contribution < 1.29 is 13.2 Å². The summed E-state index contributed by atoms with van der Waals surface area (Å²) in [5.74, 6) is -0.100. The van der Waals surface area contributed by atoms with Gasteiger partial charge >= 0.3 is 0 Å². The van der Waals surface area contributed by atoms with Gasteiger partial charge in [0.2, 0.25) is 10.0 Å². The van der Waals surface area contributed by atoms with Crippen LogP contribution in [-0.4, -0.2) is 54.7 Å². The molecule has 4 rings (SSSR count). The van der Waals surface area contributed by atoms with Gasteiger partial charge in [0.05, 0.1) is 4.90 Å². The number of hydrogen-bond acceptors (Lipinski definition) is 5. The van der Waals surface area contributed by atoms with Gasteiger partial charge in [0, 0.05) is 53.4 Å². The molecule has 1 aromatic heterocycles. The van der Waals surface area contributed by atoms with Gasteiger partial charge in [-0.25, -0.2) is 13.4 Å². The molecule has 1 aliphatic heterocycles. The van der Waals surface area contributed by atoms with Crippen LogP contribution in [0.25, 0.3) is 10.6 Å². The van der Waals surface area contributed by atoms with E-state index < -0.39 is 10.0 Å². The first-order chi connectivity index (χ1) is 14.3. The van der Waals surface area contributed by atoms with Gasteiger partial charge < -0.3 is 4.90 Å². The summed E-state index contributed by atoms with van der Waals surface area (Å²) < 4.78 is 27.0. The molecule has 0 saturated carbocycles. The van der Waals surface area contributed by atoms with Crippen molar-refractivity contribution in [1.29, 1.82) is 0 Å². The normalized spacial score (nSPS) is 15.3. The highest BCUT2D eigenvalue weighted by Gasteiger charge is 2.30. The Hall–Kier alpha value is -2.26. The number of piperazine rings is 1. The highest BCUT2D eigenvalue weighted by molar-refractivity contribution is 7.89. The Labute approximate surface area is 184 Å². The summed E-state index contributed by atoms with van der Waals surface area (Å²) in [5, 5.41) is 3.29. The van der Waals surface area contributed by atoms with Gasteiger partial charge in [-0.1, -0.05) is 29.8 Å². The molecule has 2 aromatic carbocycles. The monoisotopic (exact) mass is 461 g/mol. The zero-order valence-electron chi connectivity index (χ0n) is 16.3. The van der Waals surface area contributed by atoms with Crippen molar-refractivity contribution in [3.63, 3.8) is 0 Å². The van der Waals surface area contributed by atoms with Crippen LogP contribution in [0.4, 0.5) is 0 Å². The second-order valence-corrected chi connectivity index (χ2v) is 10.3. The van der Waals surface area contributed by atoms with E-state index >= 15 is 0 Å². The first-order valence-electron chi connectivity index (χ1n) is 9.42. The SMILES string of the molecule is Cc1csc(-c2ccc(C(=O)N3CCN(S(=O)(=O)c4cccc(Cl)c4)CC3)cc2)n1. The summed E-state index contributed by atoms with van der Waals surface area (Å²) in [6, 6.07) is 13.6. The summed E-state index contributed by atoms with van der Waals surface area (Å²) in [4.78, 5) is 19.2. The lowest BCUT2D eigenvalue weighted by Gasteiger charge is -2.34. The van der Waals surface area contributed by atoms with Gasteiger partial charge in [0.15, 0.2) is 0 Å². The number of aromatic nitrogens is 1. The number of carbonyl (C=O) groups is 1. The summed E-state index contributed by atoms with van der Waals surface area (Å²) in [6.07, 6.45) is 0. The molecular formula is C21H20ClN3O3S2. The van der Waals surface area contributed by atoms with Crippen LogP contribution in [0.2, 0.25) is 5.02 Å². The number of amides is 1. The van der Waals surface area contributed by atoms with Gasteiger partial charge in [-0.3, -0.25) is 4.79 Å². The van der Waals surface area contributed by atoms with Crippen LogP contribution < -0.4 is 0 Å². The highest BCUT2D eigenvalue weighted by Crippen LogP contribution is 2.25. The predicted octanol–water partition coefficient (Wildman–Crippen LogP) is 3.92. The van der Waals surface area contributed by atoms with Crippen LogP contribution in [0.5, 0.6) is 0 Å². The molecule has 1 saturated heterocycles. The van der Waals surface area contributed by atoms with Crippen molar-refractivity contribution in [3.05, 3.63) is 70.2 Å². The number of aryl methyl sites for hydroxylation is 1. The van der Waals surface area contributed by atoms with Gasteiger partial charge in [-0.2, -0.15) is 4.31 Å². The van der Waals surface area contributed by atoms with Crippen molar-refractivity contribution in [2.45, 2.75) is 11.8 Å². The van der Waals surface area contributed by atoms with Gasteiger partial charge in [-0.15, -0.1) is 11.3 Å². The number of benzene rings is 2. The van der Waals surface area contributed by atoms with Crippen molar-refractivity contribution in [1.82, 2.24) is 14.2 Å². The zero-order chi connectivity index (χ0) is 21.3. The lowest BCUT2D eigenvalue weighted by atomic mass is 10.1. The molecule has 30 heavy (non-hydrogen) atoms. The standard InChI is InChI=1S/C21H20ClN3O3S2/c1-15-14-29-20(23-15)16-5-7-17(8-6-16)21(26)24-9-11-25(12-10-24)30(27,28)19-4-2-3-18(22)13-19/h2-8,13-14H,9-12H2,1H3. The third-order valence-electron chi connectivity index (χ3n) is 4.96. The van der Waals surface area contributed by atoms with Crippen molar-refractivity contribution in [2.24, 2.45) is 0 Å². The Morgan fingerprint density at radius 2 is 1.77 bits per heavy atom. The molecule has 6 nitrogen and oxygen atoms in total. The third-order valence-corrected chi connectivity index (χ3v) is 8.10. The second kappa shape index (κ2) is 8.47. The van der Waals surface area contributed by atoms with Crippen LogP contribution >= 0.6 is 22.9 Å². The Bertz CT molecular complexity index is 1170. The Kier molecular flexibility index (Phi) is 5.92. The van der Waals surface area contributed by atoms with E-state index in [1.807, 2.05) is 24.4 Å². The minimum absolute atomic E-state index is 0.100. The van der Waals surface area contributed by atoms with Crippen LogP contribution in [0.3, 0.4) is 0 Å². The molecule has 1 aliphatic rings. The second-order valence-electron chi connectivity index (χ2n) is 7.03. The maximum atomic E-state index is 12.9. The smallest absolute Gasteiger partial charge is 0.253 e. The summed E-state index contributed by atoms with van der Waals surface area (Å²) in [7, 11) is -3.63. The van der Waals surface area contributed by atoms with Crippen LogP contribution in [0.1, 0.15) is 16.1 Å². The number of sulfonamides is 1. The maximum Gasteiger partial charge on any atom is 0.253 e. The molecule has 0 unspecified atom stereocenters. The van der Waals surface area contributed by atoms with E-state index in [9.17, 15) is 13.2 Å². The van der Waals surface area contributed by atoms with Crippen LogP contribution in [0, 0.1) is 6.92 Å². The molecule has 0 N–H and O–H groups in total. The molecule has 0 aliphatic carbocycles. The lowest BCUT2D eigenvalue weighted by Crippen LogP contribution is -2.50. The number of thiazole rings is 1. The minimum atomic E-state index is -3.63. The fourth-order valence-electron chi connectivity index (χ4n) is 3.33. The molecular weight excluding hydrogens is 442 g/mol. The Balaban J connectivity index is 1.42. The molecule has 2 heterocycles. The molecule has 0 spiro atoms. The van der Waals surface area contributed by atoms with E-state index in [1.54, 1.807) is 40.5 Å². The molecule has 1 fully saturated rings. The third kappa shape index (κ3) is 4.27. The van der Waals surface area contributed by atoms with Gasteiger partial charge in [0.25, 0.3) is 5.91 Å². The Morgan fingerprint density at radius 1 is 1.07 bits per heavy atom. The first-order valence-corrected chi connectivity index (χ1v) is 12.1. The molecule has 1 amide bonds. The minimum Gasteiger partial charge on any atom is -0.336 e. The average molecular weight is 462 g/mol. The molecule has 3 aromatic rings. The van der Waals surface area contributed by atoms with E-state index in [0.717, 1.165) is 16.3 Å². The fraction of sp³-hybridized carbons (Fsp3) is 0.238. The Morgan fingerprint density at radius 3 is 2.37 bits per heavy atom. The number of nitrogens with zero attached hydrogens (tertiary/aromatic N) is 3. The molecule has 9 heteroatoms. The van der Waals surface area contributed by atoms with E-state index in [4.69, 9.17) is 11.6 Å². The molecule has 156 valence electrons. The van der Waals surface area contributed by atoms with E-state index in [-0.39, 0.29) is 23.9 Å². The quantitative estimate of drug-likeness (QED) is 0.590. The number of hydrogen-bond donors (Lipinski definition) is 0. The van der Waals surface area contributed by atoms with Crippen LogP contribution in [0.15, 0.2) is 58.8 Å². The fourth-order valence-corrected chi connectivity index (χ4v) is 5.86. The topological polar surface area (TPSA) is 70.6 Å². The first kappa shape index (κ1) is 21.0. The van der Waals surface area contributed by atoms with E-state index in [0.29, 0.717) is 23.7 Å². The largest absolute Gasteiger partial charge is 0.336 e. The summed E-state index contributed by atoms with van der Waals surface area (Å²) >= 11 is 7.50. The van der Waals surface area contributed by atoms with E-state index in [1.165, 1.54) is 16.4 Å². The van der Waals surface area contributed by atoms with Gasteiger partial charge in [0.1, 0.15) is 5.01 Å².